The van der Waals surface area contributed by atoms with Gasteiger partial charge in [-0.05, 0) is 18.9 Å². The molecule has 0 radical (unpaired) electrons. The number of nitrogens with two attached hydrogens (primary N) is 1. The number of oxime groups is 1. The van der Waals surface area contributed by atoms with Crippen molar-refractivity contribution < 1.29 is 19.1 Å². The van der Waals surface area contributed by atoms with Gasteiger partial charge in [0.05, 0.1) is 17.6 Å². The molecule has 2 fully saturated rings. The number of carbonyl (C=O) groups is 1. The number of carboxylic acids is 1. The fourth-order valence-corrected chi connectivity index (χ4v) is 3.76. The maximum Gasteiger partial charge on any atom is 0.341 e. The summed E-state index contributed by atoms with van der Waals surface area (Å²) in [5.41, 5.74) is 5.26. The van der Waals surface area contributed by atoms with E-state index in [1.165, 1.54) is 13.3 Å². The van der Waals surface area contributed by atoms with Crippen molar-refractivity contribution in [3.05, 3.63) is 33.9 Å². The van der Waals surface area contributed by atoms with Gasteiger partial charge in [-0.3, -0.25) is 4.79 Å². The van der Waals surface area contributed by atoms with Crippen molar-refractivity contribution in [2.24, 2.45) is 16.3 Å². The molecule has 3 N–H and O–H groups in total. The lowest BCUT2D eigenvalue weighted by Crippen LogP contribution is -2.36. The molecule has 162 valence electrons. The third-order valence-electron chi connectivity index (χ3n) is 5.64. The molecule has 2 aromatic rings. The monoisotopic (exact) mass is 439 g/mol. The smallest absolute Gasteiger partial charge is 0.341 e. The van der Waals surface area contributed by atoms with Crippen LogP contribution in [-0.2, 0) is 4.84 Å². The number of aromatic nitrogens is 2. The van der Waals surface area contributed by atoms with Gasteiger partial charge in [0, 0.05) is 30.7 Å². The van der Waals surface area contributed by atoms with Gasteiger partial charge in [-0.2, -0.15) is 0 Å². The number of fused-ring (bicyclic) bond motifs is 1. The topological polar surface area (TPSA) is 123 Å². The number of carboxylic acid groups (broad SMARTS) is 1. The molecular formula is C19H23ClFN5O4. The van der Waals surface area contributed by atoms with Crippen molar-refractivity contribution in [1.29, 1.82) is 0 Å². The molecule has 1 aliphatic heterocycles. The summed E-state index contributed by atoms with van der Waals surface area (Å²) in [6.45, 7) is 2.90. The number of hydrogen-bond donors (Lipinski definition) is 2. The van der Waals surface area contributed by atoms with E-state index in [1.54, 1.807) is 9.47 Å². The molecule has 9 nitrogen and oxygen atoms in total. The molecule has 0 bridgehead atoms. The molecule has 3 heterocycles. The molecule has 1 saturated carbocycles. The summed E-state index contributed by atoms with van der Waals surface area (Å²) in [7, 11) is 1.44. The third-order valence-corrected chi connectivity index (χ3v) is 5.64. The minimum Gasteiger partial charge on any atom is -0.477 e. The van der Waals surface area contributed by atoms with E-state index in [9.17, 15) is 19.1 Å². The van der Waals surface area contributed by atoms with E-state index in [1.807, 2.05) is 6.92 Å². The van der Waals surface area contributed by atoms with Crippen LogP contribution in [0.15, 0.2) is 22.2 Å². The Kier molecular flexibility index (Phi) is 5.74. The average molecular weight is 440 g/mol. The van der Waals surface area contributed by atoms with Gasteiger partial charge in [-0.1, -0.05) is 12.1 Å². The Hall–Kier alpha value is -2.72. The third kappa shape index (κ3) is 3.50. The second-order valence-corrected chi connectivity index (χ2v) is 7.82. The van der Waals surface area contributed by atoms with Gasteiger partial charge in [0.1, 0.15) is 18.3 Å². The highest BCUT2D eigenvalue weighted by Crippen LogP contribution is 2.38. The summed E-state index contributed by atoms with van der Waals surface area (Å²) in [6, 6.07) is 1.14. The standard InChI is InChI=1S/C19H22FN5O4.ClH/c1-19(8-21)9-24(7-14(19)23-29-2)17-13(20)5-11-15(26)12(18(27)28)6-25(10-3-4-10)16(11)22-17;/h5-6,10H,3-4,7-9,21H2,1-2H3,(H,27,28);1H/b23-14-;/t19-;/m1./s1. The molecular weight excluding hydrogens is 417 g/mol. The Balaban J connectivity index is 0.00000256. The second kappa shape index (κ2) is 7.84. The van der Waals surface area contributed by atoms with Gasteiger partial charge in [-0.25, -0.2) is 14.2 Å². The Labute approximate surface area is 177 Å². The van der Waals surface area contributed by atoms with Crippen LogP contribution in [0, 0.1) is 11.2 Å². The van der Waals surface area contributed by atoms with Gasteiger partial charge in [0.25, 0.3) is 0 Å². The van der Waals surface area contributed by atoms with Crippen molar-refractivity contribution in [3.8, 4) is 0 Å². The van der Waals surface area contributed by atoms with Crippen LogP contribution in [-0.4, -0.2) is 53.1 Å². The highest BCUT2D eigenvalue weighted by atomic mass is 35.5. The van der Waals surface area contributed by atoms with E-state index < -0.39 is 22.6 Å². The summed E-state index contributed by atoms with van der Waals surface area (Å²) < 4.78 is 16.7. The first-order valence-corrected chi connectivity index (χ1v) is 9.33. The number of anilines is 1. The molecule has 30 heavy (non-hydrogen) atoms. The SMILES string of the molecule is CO/N=C1/CN(c2nc3c(cc2F)c(=O)c(C(=O)O)cn3C2CC2)C[C@@]1(C)CN.Cl. The lowest BCUT2D eigenvalue weighted by Gasteiger charge is -2.23. The van der Waals surface area contributed by atoms with Gasteiger partial charge >= 0.3 is 5.97 Å². The van der Waals surface area contributed by atoms with E-state index in [0.717, 1.165) is 18.9 Å². The molecule has 2 aliphatic rings. The summed E-state index contributed by atoms with van der Waals surface area (Å²) in [4.78, 5) is 35.1. The fraction of sp³-hybridized carbons (Fsp3) is 0.474. The van der Waals surface area contributed by atoms with Crippen LogP contribution in [0.3, 0.4) is 0 Å². The van der Waals surface area contributed by atoms with Gasteiger partial charge in [-0.15, -0.1) is 12.4 Å². The van der Waals surface area contributed by atoms with Crippen molar-refractivity contribution in [2.75, 3.05) is 31.6 Å². The molecule has 0 unspecified atom stereocenters. The molecule has 0 aromatic carbocycles. The molecule has 1 atom stereocenters. The predicted molar refractivity (Wildman–Crippen MR) is 112 cm³/mol. The second-order valence-electron chi connectivity index (χ2n) is 7.82. The normalized spacial score (nSPS) is 22.4. The first kappa shape index (κ1) is 22.0. The van der Waals surface area contributed by atoms with Gasteiger partial charge in [0.15, 0.2) is 11.6 Å². The van der Waals surface area contributed by atoms with E-state index in [2.05, 4.69) is 10.1 Å². The maximum atomic E-state index is 15.0. The maximum absolute atomic E-state index is 15.0. The highest BCUT2D eigenvalue weighted by molar-refractivity contribution is 5.97. The van der Waals surface area contributed by atoms with Crippen LogP contribution in [0.25, 0.3) is 11.0 Å². The zero-order chi connectivity index (χ0) is 20.9. The molecule has 1 aliphatic carbocycles. The Bertz CT molecular complexity index is 1100. The van der Waals surface area contributed by atoms with Crippen LogP contribution in [0.4, 0.5) is 10.2 Å². The summed E-state index contributed by atoms with van der Waals surface area (Å²) in [5, 5.41) is 13.3. The van der Waals surface area contributed by atoms with Crippen LogP contribution in [0.1, 0.15) is 36.2 Å². The van der Waals surface area contributed by atoms with Crippen LogP contribution < -0.4 is 16.1 Å². The van der Waals surface area contributed by atoms with Gasteiger partial charge < -0.3 is 25.1 Å². The van der Waals surface area contributed by atoms with Crippen LogP contribution in [0.5, 0.6) is 0 Å². The molecule has 2 aromatic heterocycles. The number of rotatable bonds is 5. The van der Waals surface area contributed by atoms with Crippen molar-refractivity contribution >= 4 is 40.9 Å². The van der Waals surface area contributed by atoms with Crippen molar-refractivity contribution in [3.63, 3.8) is 0 Å². The average Bonchev–Trinajstić information content (AvgIpc) is 3.47. The number of hydrogen-bond acceptors (Lipinski definition) is 7. The minimum absolute atomic E-state index is 0. The summed E-state index contributed by atoms with van der Waals surface area (Å²) in [6.07, 6.45) is 3.02. The van der Waals surface area contributed by atoms with Gasteiger partial charge in [0.2, 0.25) is 5.43 Å². The number of halogens is 2. The zero-order valence-corrected chi connectivity index (χ0v) is 17.4. The van der Waals surface area contributed by atoms with Crippen molar-refractivity contribution in [2.45, 2.75) is 25.8 Å². The molecule has 0 spiro atoms. The predicted octanol–water partition coefficient (Wildman–Crippen LogP) is 1.78. The Morgan fingerprint density at radius 1 is 1.50 bits per heavy atom. The van der Waals surface area contributed by atoms with E-state index in [4.69, 9.17) is 10.6 Å². The lowest BCUT2D eigenvalue weighted by atomic mass is 9.88. The van der Waals surface area contributed by atoms with E-state index in [0.29, 0.717) is 18.8 Å². The van der Waals surface area contributed by atoms with Crippen molar-refractivity contribution in [1.82, 2.24) is 9.55 Å². The highest BCUT2D eigenvalue weighted by Gasteiger charge is 2.41. The molecule has 4 rings (SSSR count). The van der Waals surface area contributed by atoms with E-state index >= 15 is 0 Å². The van der Waals surface area contributed by atoms with Crippen LogP contribution >= 0.6 is 12.4 Å². The first-order chi connectivity index (χ1) is 13.8. The molecule has 1 saturated heterocycles. The van der Waals surface area contributed by atoms with E-state index in [-0.39, 0.29) is 47.4 Å². The molecule has 0 amide bonds. The minimum atomic E-state index is -1.34. The summed E-state index contributed by atoms with van der Waals surface area (Å²) in [5.74, 6) is -1.96. The quantitative estimate of drug-likeness (QED) is 0.680. The zero-order valence-electron chi connectivity index (χ0n) is 16.6. The number of aromatic carboxylic acids is 1. The lowest BCUT2D eigenvalue weighted by molar-refractivity contribution is 0.0695. The fourth-order valence-electron chi connectivity index (χ4n) is 3.76. The Morgan fingerprint density at radius 2 is 2.20 bits per heavy atom. The first-order valence-electron chi connectivity index (χ1n) is 9.33. The largest absolute Gasteiger partial charge is 0.477 e. The summed E-state index contributed by atoms with van der Waals surface area (Å²) >= 11 is 0. The van der Waals surface area contributed by atoms with Crippen LogP contribution in [0.2, 0.25) is 0 Å². The number of nitrogens with zero attached hydrogens (tertiary/aromatic N) is 4. The number of pyridine rings is 2. The Morgan fingerprint density at radius 3 is 2.77 bits per heavy atom. The molecule has 11 heteroatoms.